The molecule has 105 heavy (non-hydrogen) atoms. The number of methoxy groups -OCH3 is 2. The molecule has 0 bridgehead atoms. The van der Waals surface area contributed by atoms with Crippen LogP contribution in [0.5, 0.6) is 0 Å². The van der Waals surface area contributed by atoms with Crippen molar-refractivity contribution in [3.05, 3.63) is 305 Å². The maximum Gasteiger partial charge on any atom is 1.00 e. The number of aromatic nitrogens is 6. The SMILES string of the molecule is CC(=O)N(Cc1ccc(C[C@@H](C(=O)O)n2cccc2)cc1)Cc1nc(-c2ccccc2)oc1C.COC(=O)[C@H](Cc1ccc(CN(Cc2nc(-c3ccccc3)oc2C)C(C)=O)cc1)n1cccc1.COC(=O)[C@H](Cc1ccc(CNCc2nc(-c3ccccc3)oc2C)cc1)n1cccc1.O.[3HH].[F-].[Li+].[OH-]. The average molecular weight is 1420 g/mol. The summed E-state index contributed by atoms with van der Waals surface area (Å²) in [5, 5.41) is 13.0. The zero-order chi connectivity index (χ0) is 71.2. The molecule has 6 heterocycles. The van der Waals surface area contributed by atoms with Crippen LogP contribution in [0.25, 0.3) is 34.4 Å². The van der Waals surface area contributed by atoms with Crippen molar-refractivity contribution in [3.63, 3.8) is 0 Å². The number of aryl methyl sites for hydroxylation is 3. The Hall–Kier alpha value is -11.5. The van der Waals surface area contributed by atoms with Gasteiger partial charge in [-0.1, -0.05) is 127 Å². The van der Waals surface area contributed by atoms with Crippen molar-refractivity contribution in [3.8, 4) is 34.4 Å². The molecule has 5 N–H and O–H groups in total. The molecular weight excluding hydrogens is 1330 g/mol. The number of halogens is 1. The van der Waals surface area contributed by atoms with Gasteiger partial charge in [0.05, 0.1) is 33.0 Å². The van der Waals surface area contributed by atoms with E-state index in [9.17, 15) is 29.1 Å². The van der Waals surface area contributed by atoms with Crippen molar-refractivity contribution < 1.29 is 87.7 Å². The monoisotopic (exact) mass is 1420 g/mol. The van der Waals surface area contributed by atoms with Gasteiger partial charge in [-0.15, -0.1) is 0 Å². The number of amides is 2. The van der Waals surface area contributed by atoms with Gasteiger partial charge >= 0.3 is 36.8 Å². The topological polar surface area (TPSA) is 297 Å². The second-order valence-corrected chi connectivity index (χ2v) is 24.4. The molecule has 0 aliphatic rings. The van der Waals surface area contributed by atoms with Gasteiger partial charge in [0.1, 0.15) is 46.8 Å². The molecule has 0 saturated heterocycles. The van der Waals surface area contributed by atoms with Gasteiger partial charge in [-0.3, -0.25) is 9.59 Å². The Morgan fingerprint density at radius 3 is 1.03 bits per heavy atom. The van der Waals surface area contributed by atoms with Crippen LogP contribution in [-0.4, -0.2) is 98.5 Å². The minimum Gasteiger partial charge on any atom is -1.00 e. The summed E-state index contributed by atoms with van der Waals surface area (Å²) in [5.41, 5.74) is 11.2. The van der Waals surface area contributed by atoms with Gasteiger partial charge < -0.3 is 72.3 Å². The first kappa shape index (κ1) is 82.5. The summed E-state index contributed by atoms with van der Waals surface area (Å²) in [5.74, 6) is 2.43. The van der Waals surface area contributed by atoms with E-state index in [4.69, 9.17) is 22.7 Å². The number of nitrogens with one attached hydrogen (secondary N) is 1. The minimum atomic E-state index is -0.874. The molecule has 6 aromatic heterocycles. The van der Waals surface area contributed by atoms with Crippen molar-refractivity contribution in [2.45, 2.75) is 111 Å². The van der Waals surface area contributed by atoms with Crippen LogP contribution in [0.3, 0.4) is 0 Å². The van der Waals surface area contributed by atoms with Crippen LogP contribution in [0.1, 0.15) is 101 Å². The van der Waals surface area contributed by atoms with E-state index < -0.39 is 18.1 Å². The van der Waals surface area contributed by atoms with Crippen LogP contribution in [0.4, 0.5) is 0 Å². The van der Waals surface area contributed by atoms with Crippen LogP contribution in [0, 0.1) is 20.8 Å². The smallest absolute Gasteiger partial charge is 1.00 e. The number of benzene rings is 6. The maximum absolute atomic E-state index is 12.4. The molecule has 2 amide bonds. The molecular formula is C81H88FLiN9O13-. The van der Waals surface area contributed by atoms with E-state index in [0.29, 0.717) is 87.7 Å². The predicted molar refractivity (Wildman–Crippen MR) is 391 cm³/mol. The third-order valence-electron chi connectivity index (χ3n) is 17.2. The fourth-order valence-corrected chi connectivity index (χ4v) is 11.4. The quantitative estimate of drug-likeness (QED) is 0.0367. The van der Waals surface area contributed by atoms with Crippen molar-refractivity contribution in [2.75, 3.05) is 14.2 Å². The van der Waals surface area contributed by atoms with Gasteiger partial charge in [-0.2, -0.15) is 0 Å². The molecule has 24 heteroatoms. The fourth-order valence-electron chi connectivity index (χ4n) is 11.4. The molecule has 0 spiro atoms. The third-order valence-corrected chi connectivity index (χ3v) is 17.2. The number of carbonyl (C=O) groups excluding carboxylic acids is 4. The molecule has 0 aliphatic heterocycles. The zero-order valence-corrected chi connectivity index (χ0v) is 60.0. The Labute approximate surface area is 623 Å². The van der Waals surface area contributed by atoms with E-state index in [1.165, 1.54) is 21.1 Å². The van der Waals surface area contributed by atoms with Gasteiger partial charge in [-0.25, -0.2) is 29.3 Å². The largest absolute Gasteiger partial charge is 1.00 e. The molecule has 0 unspecified atom stereocenters. The normalized spacial score (nSPS) is 11.4. The molecule has 0 saturated carbocycles. The number of aliphatic carboxylic acids is 1. The van der Waals surface area contributed by atoms with Gasteiger partial charge in [-0.05, 0) is 127 Å². The van der Waals surface area contributed by atoms with Crippen molar-refractivity contribution in [1.82, 2.24) is 43.8 Å². The van der Waals surface area contributed by atoms with Crippen molar-refractivity contribution in [1.29, 1.82) is 0 Å². The number of carbonyl (C=O) groups is 5. The van der Waals surface area contributed by atoms with Crippen LogP contribution < -0.4 is 28.9 Å². The molecule has 12 rings (SSSR count). The Morgan fingerprint density at radius 2 is 0.714 bits per heavy atom. The first-order valence-electron chi connectivity index (χ1n) is 33.2. The summed E-state index contributed by atoms with van der Waals surface area (Å²) in [4.78, 5) is 78.3. The number of oxazole rings is 3. The minimum absolute atomic E-state index is 0. The molecule has 22 nitrogen and oxygen atoms in total. The average Bonchev–Trinajstić information content (AvgIpc) is 1.59. The number of ether oxygens (including phenoxy) is 2. The zero-order valence-electron chi connectivity index (χ0n) is 60.0. The summed E-state index contributed by atoms with van der Waals surface area (Å²) in [6.45, 7) is 11.7. The van der Waals surface area contributed by atoms with Crippen LogP contribution >= 0.6 is 0 Å². The van der Waals surface area contributed by atoms with Gasteiger partial charge in [0.15, 0.2) is 0 Å². The maximum atomic E-state index is 12.4. The Bertz CT molecular complexity index is 4600. The Kier molecular flexibility index (Phi) is 31.7. The first-order valence-corrected chi connectivity index (χ1v) is 33.2. The van der Waals surface area contributed by atoms with Crippen molar-refractivity contribution >= 4 is 29.7 Å². The van der Waals surface area contributed by atoms with Gasteiger partial charge in [0.25, 0.3) is 0 Å². The van der Waals surface area contributed by atoms with E-state index in [2.05, 4.69) is 44.5 Å². The molecule has 0 aliphatic carbocycles. The molecule has 544 valence electrons. The van der Waals surface area contributed by atoms with E-state index in [1.54, 1.807) is 33.7 Å². The number of esters is 2. The van der Waals surface area contributed by atoms with Gasteiger partial charge in [0, 0.05) is 115 Å². The molecule has 3 atom stereocenters. The number of hydrogen-bond donors (Lipinski definition) is 2. The number of carboxylic acids is 1. The second-order valence-electron chi connectivity index (χ2n) is 24.4. The molecule has 0 radical (unpaired) electrons. The van der Waals surface area contributed by atoms with Gasteiger partial charge in [0.2, 0.25) is 29.5 Å². The molecule has 12 aromatic rings. The Balaban J connectivity index is 0.000000279. The Morgan fingerprint density at radius 1 is 0.429 bits per heavy atom. The van der Waals surface area contributed by atoms with Crippen LogP contribution in [-0.2, 0) is 92.0 Å². The fraction of sp³-hybridized carbons (Fsp3) is 0.235. The van der Waals surface area contributed by atoms with E-state index in [0.717, 1.165) is 72.9 Å². The third kappa shape index (κ3) is 23.0. The summed E-state index contributed by atoms with van der Waals surface area (Å²) in [6.07, 6.45) is 12.5. The number of hydrogen-bond acceptors (Lipinski definition) is 15. The summed E-state index contributed by atoms with van der Waals surface area (Å²) in [7, 11) is 2.82. The van der Waals surface area contributed by atoms with E-state index in [1.807, 2.05) is 231 Å². The second kappa shape index (κ2) is 40.4. The van der Waals surface area contributed by atoms with E-state index >= 15 is 0 Å². The van der Waals surface area contributed by atoms with E-state index in [-0.39, 0.29) is 65.7 Å². The number of nitrogens with zero attached hydrogens (tertiary/aromatic N) is 8. The first-order chi connectivity index (χ1) is 49.0. The standard InChI is InChI=1S/C28H29N3O4.C27H27N3O4.C26H27N3O3.FH.Li.2H2O.H2/c1-20-25(29-27(35-20)24-9-5-4-6-10-24)19-31(21(2)32)18-23-13-11-22(12-14-23)17-26(28(33)34-3)30-15-7-8-16-30;1-19-24(28-26(34-19)23-8-4-3-5-9-23)18-30(20(2)31)17-22-12-10-21(11-13-22)16-25(27(32)33)29-14-6-7-15-29;1-19-23(28-25(32-19)22-8-4-3-5-9-22)18-27-17-21-12-10-20(11-13-21)16-24(26(30)31-2)29-14-6-7-15-29;;;;;/h4-16,26H,17-19H2,1-3H3;3-15,25H,16-18H2,1-2H3,(H,32,33);3-15,24,27H,16-18H2,1-2H3;1H;;2*1H2;1H/q;;;;+1;;;/p-2/t26-;25-;24-;;;;;/m000...../s1/i;;;;;;;1+2. The predicted octanol–water partition coefficient (Wildman–Crippen LogP) is 7.78. The molecule has 0 fully saturated rings. The number of rotatable bonds is 27. The van der Waals surface area contributed by atoms with Crippen molar-refractivity contribution in [2.24, 2.45) is 0 Å². The van der Waals surface area contributed by atoms with Crippen LogP contribution in [0.2, 0.25) is 0 Å². The summed E-state index contributed by atoms with van der Waals surface area (Å²) < 4.78 is 32.9. The van der Waals surface area contributed by atoms with Crippen LogP contribution in [0.15, 0.2) is 251 Å². The summed E-state index contributed by atoms with van der Waals surface area (Å²) >= 11 is 0. The number of carboxylic acid groups (broad SMARTS) is 1. The molecule has 6 aromatic carbocycles. The summed E-state index contributed by atoms with van der Waals surface area (Å²) in [6, 6.07) is 63.0.